The van der Waals surface area contributed by atoms with E-state index in [0.29, 0.717) is 18.7 Å². The first kappa shape index (κ1) is 22.2. The predicted molar refractivity (Wildman–Crippen MR) is 123 cm³/mol. The van der Waals surface area contributed by atoms with Crippen molar-refractivity contribution in [2.75, 3.05) is 13.1 Å². The summed E-state index contributed by atoms with van der Waals surface area (Å²) in [5.74, 6) is -0.259. The van der Waals surface area contributed by atoms with Gasteiger partial charge in [0.25, 0.3) is 5.91 Å². The summed E-state index contributed by atoms with van der Waals surface area (Å²) in [5, 5.41) is 7.48. The van der Waals surface area contributed by atoms with Gasteiger partial charge in [0.1, 0.15) is 0 Å². The van der Waals surface area contributed by atoms with Gasteiger partial charge >= 0.3 is 0 Å². The average molecular weight is 453 g/mol. The predicted octanol–water partition coefficient (Wildman–Crippen LogP) is 3.76. The molecule has 1 fully saturated rings. The molecule has 3 aromatic rings. The van der Waals surface area contributed by atoms with Crippen LogP contribution < -0.4 is 5.32 Å². The molecular formula is C24H28N4O3S. The second-order valence-corrected chi connectivity index (χ2v) is 10.2. The zero-order chi connectivity index (χ0) is 22.9. The van der Waals surface area contributed by atoms with Gasteiger partial charge in [-0.25, -0.2) is 13.1 Å². The highest BCUT2D eigenvalue weighted by molar-refractivity contribution is 7.89. The third-order valence-corrected chi connectivity index (χ3v) is 7.87. The number of aryl methyl sites for hydroxylation is 1. The molecule has 1 aliphatic heterocycles. The second-order valence-electron chi connectivity index (χ2n) is 8.26. The molecule has 2 aromatic carbocycles. The maximum Gasteiger partial charge on any atom is 0.251 e. The van der Waals surface area contributed by atoms with E-state index >= 15 is 0 Å². The SMILES string of the molecule is Cc1ccc(-n2ncc([C@H](C)NC(=O)c3ccc(S(=O)(=O)N4CCCC4)cc3)c2C)cc1. The van der Waals surface area contributed by atoms with Crippen molar-refractivity contribution in [3.8, 4) is 5.69 Å². The van der Waals surface area contributed by atoms with Crippen LogP contribution in [0.3, 0.4) is 0 Å². The standard InChI is InChI=1S/C24H28N4O3S/c1-17-6-10-21(11-7-17)28-19(3)23(16-25-28)18(2)26-24(29)20-8-12-22(13-9-20)32(30,31)27-14-4-5-15-27/h6-13,16,18H,4-5,14-15H2,1-3H3,(H,26,29)/t18-/m0/s1. The third kappa shape index (κ3) is 4.33. The Labute approximate surface area is 189 Å². The van der Waals surface area contributed by atoms with E-state index < -0.39 is 10.0 Å². The fourth-order valence-corrected chi connectivity index (χ4v) is 5.52. The highest BCUT2D eigenvalue weighted by Crippen LogP contribution is 2.23. The number of carbonyl (C=O) groups excluding carboxylic acids is 1. The smallest absolute Gasteiger partial charge is 0.251 e. The molecule has 0 spiro atoms. The van der Waals surface area contributed by atoms with Crippen molar-refractivity contribution in [1.82, 2.24) is 19.4 Å². The Morgan fingerprint density at radius 1 is 1.00 bits per heavy atom. The summed E-state index contributed by atoms with van der Waals surface area (Å²) in [5.41, 5.74) is 4.44. The van der Waals surface area contributed by atoms with Crippen LogP contribution in [0.15, 0.2) is 59.6 Å². The van der Waals surface area contributed by atoms with Crippen molar-refractivity contribution in [3.63, 3.8) is 0 Å². The molecule has 1 atom stereocenters. The number of rotatable bonds is 6. The number of amides is 1. The van der Waals surface area contributed by atoms with E-state index in [9.17, 15) is 13.2 Å². The number of hydrogen-bond acceptors (Lipinski definition) is 4. The molecule has 1 saturated heterocycles. The minimum Gasteiger partial charge on any atom is -0.345 e. The minimum atomic E-state index is -3.49. The average Bonchev–Trinajstić information content (AvgIpc) is 3.45. The Morgan fingerprint density at radius 3 is 2.25 bits per heavy atom. The fourth-order valence-electron chi connectivity index (χ4n) is 4.01. The zero-order valence-corrected chi connectivity index (χ0v) is 19.4. The molecule has 1 amide bonds. The molecule has 8 heteroatoms. The van der Waals surface area contributed by atoms with Crippen LogP contribution in [0.4, 0.5) is 0 Å². The zero-order valence-electron chi connectivity index (χ0n) is 18.6. The van der Waals surface area contributed by atoms with E-state index in [1.807, 2.05) is 49.7 Å². The number of carbonyl (C=O) groups is 1. The molecule has 1 aliphatic rings. The van der Waals surface area contributed by atoms with Crippen LogP contribution in [0.1, 0.15) is 53.0 Å². The topological polar surface area (TPSA) is 84.3 Å². The van der Waals surface area contributed by atoms with E-state index in [-0.39, 0.29) is 16.8 Å². The summed E-state index contributed by atoms with van der Waals surface area (Å²) in [6, 6.07) is 14.0. The van der Waals surface area contributed by atoms with E-state index in [1.165, 1.54) is 22.0 Å². The van der Waals surface area contributed by atoms with Gasteiger partial charge in [-0.2, -0.15) is 9.40 Å². The third-order valence-electron chi connectivity index (χ3n) is 5.96. The van der Waals surface area contributed by atoms with Crippen molar-refractivity contribution in [3.05, 3.63) is 77.1 Å². The molecule has 0 bridgehead atoms. The highest BCUT2D eigenvalue weighted by Gasteiger charge is 2.27. The minimum absolute atomic E-state index is 0.221. The summed E-state index contributed by atoms with van der Waals surface area (Å²) < 4.78 is 28.7. The first-order valence-corrected chi connectivity index (χ1v) is 12.2. The molecule has 0 saturated carbocycles. The van der Waals surface area contributed by atoms with Gasteiger partial charge in [-0.3, -0.25) is 4.79 Å². The Hall–Kier alpha value is -2.97. The van der Waals surface area contributed by atoms with E-state index in [1.54, 1.807) is 18.3 Å². The van der Waals surface area contributed by atoms with Gasteiger partial charge in [0, 0.05) is 29.9 Å². The van der Waals surface area contributed by atoms with Gasteiger partial charge in [0.2, 0.25) is 10.0 Å². The van der Waals surface area contributed by atoms with Crippen molar-refractivity contribution >= 4 is 15.9 Å². The van der Waals surface area contributed by atoms with Crippen LogP contribution in [0.25, 0.3) is 5.69 Å². The van der Waals surface area contributed by atoms with E-state index in [2.05, 4.69) is 10.4 Å². The molecule has 4 rings (SSSR count). The molecule has 1 aromatic heterocycles. The quantitative estimate of drug-likeness (QED) is 0.617. The monoisotopic (exact) mass is 452 g/mol. The van der Waals surface area contributed by atoms with Gasteiger partial charge in [-0.05, 0) is 70.0 Å². The summed E-state index contributed by atoms with van der Waals surface area (Å²) in [7, 11) is -3.49. The fraction of sp³-hybridized carbons (Fsp3) is 0.333. The van der Waals surface area contributed by atoms with Gasteiger partial charge in [0.15, 0.2) is 0 Å². The van der Waals surface area contributed by atoms with Crippen LogP contribution in [-0.2, 0) is 10.0 Å². The van der Waals surface area contributed by atoms with Crippen molar-refractivity contribution < 1.29 is 13.2 Å². The van der Waals surface area contributed by atoms with Gasteiger partial charge in [-0.15, -0.1) is 0 Å². The first-order chi connectivity index (χ1) is 15.3. The first-order valence-electron chi connectivity index (χ1n) is 10.8. The molecule has 0 unspecified atom stereocenters. The lowest BCUT2D eigenvalue weighted by Crippen LogP contribution is -2.28. The number of hydrogen-bond donors (Lipinski definition) is 1. The Balaban J connectivity index is 1.46. The lowest BCUT2D eigenvalue weighted by atomic mass is 10.1. The number of nitrogens with zero attached hydrogens (tertiary/aromatic N) is 3. The maximum absolute atomic E-state index is 12.8. The highest BCUT2D eigenvalue weighted by atomic mass is 32.2. The van der Waals surface area contributed by atoms with Gasteiger partial charge < -0.3 is 5.32 Å². The lowest BCUT2D eigenvalue weighted by molar-refractivity contribution is 0.0939. The van der Waals surface area contributed by atoms with Gasteiger partial charge in [0.05, 0.1) is 22.8 Å². The van der Waals surface area contributed by atoms with E-state index in [4.69, 9.17) is 0 Å². The molecule has 0 radical (unpaired) electrons. The number of benzene rings is 2. The van der Waals surface area contributed by atoms with Crippen molar-refractivity contribution in [1.29, 1.82) is 0 Å². The Morgan fingerprint density at radius 2 is 1.62 bits per heavy atom. The van der Waals surface area contributed by atoms with Gasteiger partial charge in [-0.1, -0.05) is 17.7 Å². The summed E-state index contributed by atoms with van der Waals surface area (Å²) in [6.45, 7) is 7.03. The summed E-state index contributed by atoms with van der Waals surface area (Å²) in [6.07, 6.45) is 3.54. The molecule has 7 nitrogen and oxygen atoms in total. The summed E-state index contributed by atoms with van der Waals surface area (Å²) in [4.78, 5) is 13.0. The van der Waals surface area contributed by atoms with Crippen LogP contribution in [0.5, 0.6) is 0 Å². The van der Waals surface area contributed by atoms with Crippen LogP contribution >= 0.6 is 0 Å². The molecule has 2 heterocycles. The molecule has 1 N–H and O–H groups in total. The normalized spacial score (nSPS) is 15.6. The van der Waals surface area contributed by atoms with Crippen molar-refractivity contribution in [2.24, 2.45) is 0 Å². The molecule has 0 aliphatic carbocycles. The lowest BCUT2D eigenvalue weighted by Gasteiger charge is -2.16. The van der Waals surface area contributed by atoms with Crippen molar-refractivity contribution in [2.45, 2.75) is 44.6 Å². The number of aromatic nitrogens is 2. The largest absolute Gasteiger partial charge is 0.345 e. The second kappa shape index (κ2) is 8.88. The number of sulfonamides is 1. The van der Waals surface area contributed by atoms with E-state index in [0.717, 1.165) is 29.8 Å². The molecule has 32 heavy (non-hydrogen) atoms. The van der Waals surface area contributed by atoms with Crippen LogP contribution in [0, 0.1) is 13.8 Å². The molecule has 168 valence electrons. The van der Waals surface area contributed by atoms with Crippen LogP contribution in [-0.4, -0.2) is 41.5 Å². The van der Waals surface area contributed by atoms with Crippen LogP contribution in [0.2, 0.25) is 0 Å². The molecular weight excluding hydrogens is 424 g/mol. The Bertz CT molecular complexity index is 1210. The maximum atomic E-state index is 12.8. The Kier molecular flexibility index (Phi) is 6.17. The number of nitrogens with one attached hydrogen (secondary N) is 1. The summed E-state index contributed by atoms with van der Waals surface area (Å²) >= 11 is 0.